The second kappa shape index (κ2) is 16.2. The molecule has 0 radical (unpaired) electrons. The Morgan fingerprint density at radius 1 is 0.918 bits per heavy atom. The van der Waals surface area contributed by atoms with Gasteiger partial charge in [0.25, 0.3) is 0 Å². The number of anilines is 1. The third-order valence-corrected chi connectivity index (χ3v) is 7.65. The number of hydrogen-bond acceptors (Lipinski definition) is 7. The van der Waals surface area contributed by atoms with Gasteiger partial charge in [-0.05, 0) is 69.4 Å². The fourth-order valence-electron chi connectivity index (χ4n) is 5.10. The normalized spacial score (nSPS) is 12.9. The molecule has 0 aliphatic carbocycles. The topological polar surface area (TPSA) is 161 Å². The Morgan fingerprint density at radius 2 is 1.61 bits per heavy atom. The van der Waals surface area contributed by atoms with Crippen molar-refractivity contribution in [2.24, 2.45) is 0 Å². The first-order chi connectivity index (χ1) is 23.2. The number of carboxylic acids is 1. The molecule has 49 heavy (non-hydrogen) atoms. The number of alkyl carbamates (subject to hydrolysis) is 1. The third kappa shape index (κ3) is 11.2. The van der Waals surface area contributed by atoms with E-state index in [-0.39, 0.29) is 13.2 Å². The van der Waals surface area contributed by atoms with Gasteiger partial charge in [0.05, 0.1) is 31.0 Å². The van der Waals surface area contributed by atoms with Gasteiger partial charge in [-0.2, -0.15) is 5.10 Å². The molecule has 4 N–H and O–H groups in total. The maximum absolute atomic E-state index is 13.4. The molecule has 0 bridgehead atoms. The van der Waals surface area contributed by atoms with Crippen molar-refractivity contribution in [3.8, 4) is 0 Å². The van der Waals surface area contributed by atoms with Crippen LogP contribution in [0, 0.1) is 0 Å². The second-order valence-corrected chi connectivity index (χ2v) is 13.4. The van der Waals surface area contributed by atoms with E-state index in [1.165, 1.54) is 20.0 Å². The molecule has 4 rings (SSSR count). The predicted octanol–water partition coefficient (Wildman–Crippen LogP) is 5.63. The van der Waals surface area contributed by atoms with E-state index >= 15 is 0 Å². The Morgan fingerprint density at radius 3 is 2.31 bits per heavy atom. The second-order valence-electron chi connectivity index (χ2n) is 13.4. The Hall–Kier alpha value is -5.23. The highest BCUT2D eigenvalue weighted by Crippen LogP contribution is 2.26. The molecule has 3 aromatic carbocycles. The Balaban J connectivity index is 1.37. The minimum atomic E-state index is -1.41. The lowest BCUT2D eigenvalue weighted by molar-refractivity contribution is -0.139. The van der Waals surface area contributed by atoms with Crippen LogP contribution in [0.4, 0.5) is 10.5 Å². The average Bonchev–Trinajstić information content (AvgIpc) is 3.48. The van der Waals surface area contributed by atoms with Gasteiger partial charge in [-0.1, -0.05) is 72.8 Å². The number of aryl methyl sites for hydroxylation is 1. The van der Waals surface area contributed by atoms with E-state index in [2.05, 4.69) is 21.0 Å². The largest absolute Gasteiger partial charge is 0.481 e. The summed E-state index contributed by atoms with van der Waals surface area (Å²) in [6.07, 6.45) is 3.28. The Labute approximate surface area is 286 Å². The molecular formula is C37H45N5O7. The summed E-state index contributed by atoms with van der Waals surface area (Å²) in [5, 5.41) is 24.3. The number of nitrogens with one attached hydrogen (secondary N) is 3. The number of nitrogens with zero attached hydrogens (tertiary/aromatic N) is 2. The maximum atomic E-state index is 13.4. The van der Waals surface area contributed by atoms with Gasteiger partial charge in [0, 0.05) is 12.7 Å². The number of aliphatic carboxylic acids is 1. The van der Waals surface area contributed by atoms with E-state index < -0.39 is 47.0 Å². The number of benzene rings is 3. The van der Waals surface area contributed by atoms with Crippen molar-refractivity contribution in [1.29, 1.82) is 0 Å². The van der Waals surface area contributed by atoms with Gasteiger partial charge >= 0.3 is 12.1 Å². The Bertz CT molecular complexity index is 1750. The summed E-state index contributed by atoms with van der Waals surface area (Å²) in [5.74, 6) is -2.72. The molecule has 1 heterocycles. The minimum absolute atomic E-state index is 0.144. The molecule has 1 unspecified atom stereocenters. The first-order valence-electron chi connectivity index (χ1n) is 16.2. The van der Waals surface area contributed by atoms with Crippen LogP contribution in [0.5, 0.6) is 0 Å². The van der Waals surface area contributed by atoms with Gasteiger partial charge in [0.2, 0.25) is 11.8 Å². The van der Waals surface area contributed by atoms with Gasteiger partial charge in [-0.3, -0.25) is 19.1 Å². The molecule has 0 fully saturated rings. The van der Waals surface area contributed by atoms with E-state index in [0.717, 1.165) is 21.9 Å². The summed E-state index contributed by atoms with van der Waals surface area (Å²) < 4.78 is 12.7. The van der Waals surface area contributed by atoms with Gasteiger partial charge in [0.15, 0.2) is 0 Å². The van der Waals surface area contributed by atoms with Crippen LogP contribution in [0.25, 0.3) is 10.8 Å². The highest BCUT2D eigenvalue weighted by Gasteiger charge is 2.34. The summed E-state index contributed by atoms with van der Waals surface area (Å²) in [6.45, 7) is 8.65. The quantitative estimate of drug-likeness (QED) is 0.127. The van der Waals surface area contributed by atoms with E-state index in [4.69, 9.17) is 9.47 Å². The number of hydrogen-bond donors (Lipinski definition) is 4. The van der Waals surface area contributed by atoms with Crippen LogP contribution in [0.1, 0.15) is 64.5 Å². The predicted molar refractivity (Wildman–Crippen MR) is 186 cm³/mol. The van der Waals surface area contributed by atoms with Crippen LogP contribution in [0.3, 0.4) is 0 Å². The standard InChI is InChI=1S/C37H45N5O7/c1-36(2,3)49-35(47)41-37(4,5)34(46)40-31(24-48-23-25-12-7-6-8-13-25)32(43)39-29-21-38-42(22-29)19-11-16-30(33(44)45)28-18-17-26-14-9-10-15-27(26)20-28/h6-10,12-15,17-18,20-22,30-31H,11,16,19,23-24H2,1-5H3,(H,39,43)(H,40,46)(H,41,47)(H,44,45)/t30?,31-/m1/s1. The van der Waals surface area contributed by atoms with Crippen LogP contribution >= 0.6 is 0 Å². The van der Waals surface area contributed by atoms with Crippen molar-refractivity contribution in [2.75, 3.05) is 11.9 Å². The van der Waals surface area contributed by atoms with Crippen LogP contribution in [-0.4, -0.2) is 62.6 Å². The van der Waals surface area contributed by atoms with Crippen molar-refractivity contribution >= 4 is 40.3 Å². The number of ether oxygens (including phenoxy) is 2. The lowest BCUT2D eigenvalue weighted by atomic mass is 9.92. The Kier molecular flexibility index (Phi) is 12.1. The summed E-state index contributed by atoms with van der Waals surface area (Å²) in [6, 6.07) is 21.8. The monoisotopic (exact) mass is 671 g/mol. The number of fused-ring (bicyclic) bond motifs is 1. The summed E-state index contributed by atoms with van der Waals surface area (Å²) >= 11 is 0. The summed E-state index contributed by atoms with van der Waals surface area (Å²) in [5.41, 5.74) is -0.142. The van der Waals surface area contributed by atoms with Crippen LogP contribution in [0.2, 0.25) is 0 Å². The van der Waals surface area contributed by atoms with E-state index in [1.54, 1.807) is 31.6 Å². The zero-order valence-electron chi connectivity index (χ0n) is 28.6. The lowest BCUT2D eigenvalue weighted by Crippen LogP contribution is -2.59. The van der Waals surface area contributed by atoms with Crippen LogP contribution < -0.4 is 16.0 Å². The fourth-order valence-corrected chi connectivity index (χ4v) is 5.10. The summed E-state index contributed by atoms with van der Waals surface area (Å²) in [7, 11) is 0. The number of amides is 3. The molecule has 12 nitrogen and oxygen atoms in total. The highest BCUT2D eigenvalue weighted by atomic mass is 16.6. The molecule has 1 aromatic heterocycles. The number of carbonyl (C=O) groups excluding carboxylic acids is 3. The third-order valence-electron chi connectivity index (χ3n) is 7.65. The zero-order chi connectivity index (χ0) is 35.6. The van der Waals surface area contributed by atoms with Crippen molar-refractivity contribution in [2.45, 2.75) is 83.7 Å². The van der Waals surface area contributed by atoms with Crippen LogP contribution in [-0.2, 0) is 37.0 Å². The number of carbonyl (C=O) groups is 4. The van der Waals surface area contributed by atoms with E-state index in [9.17, 15) is 24.3 Å². The molecule has 3 amide bonds. The molecule has 12 heteroatoms. The highest BCUT2D eigenvalue weighted by molar-refractivity contribution is 5.99. The minimum Gasteiger partial charge on any atom is -0.481 e. The first-order valence-corrected chi connectivity index (χ1v) is 16.2. The van der Waals surface area contributed by atoms with Gasteiger partial charge in [-0.15, -0.1) is 0 Å². The van der Waals surface area contributed by atoms with Gasteiger partial charge < -0.3 is 30.5 Å². The van der Waals surface area contributed by atoms with Crippen LogP contribution in [0.15, 0.2) is 85.2 Å². The molecule has 0 spiro atoms. The molecule has 0 aliphatic heterocycles. The fraction of sp³-hybridized carbons (Fsp3) is 0.378. The van der Waals surface area contributed by atoms with Crippen molar-refractivity contribution in [1.82, 2.24) is 20.4 Å². The summed E-state index contributed by atoms with van der Waals surface area (Å²) in [4.78, 5) is 51.2. The van der Waals surface area contributed by atoms with Gasteiger partial charge in [0.1, 0.15) is 17.2 Å². The maximum Gasteiger partial charge on any atom is 0.408 e. The van der Waals surface area contributed by atoms with E-state index in [0.29, 0.717) is 25.1 Å². The van der Waals surface area contributed by atoms with E-state index in [1.807, 2.05) is 72.8 Å². The lowest BCUT2D eigenvalue weighted by Gasteiger charge is -2.29. The zero-order valence-corrected chi connectivity index (χ0v) is 28.6. The first kappa shape index (κ1) is 36.6. The molecule has 0 aliphatic rings. The molecular weight excluding hydrogens is 626 g/mol. The van der Waals surface area contributed by atoms with Gasteiger partial charge in [-0.25, -0.2) is 4.79 Å². The average molecular weight is 672 g/mol. The molecule has 4 aromatic rings. The smallest absolute Gasteiger partial charge is 0.408 e. The number of aromatic nitrogens is 2. The molecule has 260 valence electrons. The van der Waals surface area contributed by atoms with Crippen molar-refractivity contribution in [3.63, 3.8) is 0 Å². The molecule has 0 saturated heterocycles. The molecule has 2 atom stereocenters. The SMILES string of the molecule is CC(C)(C)OC(=O)NC(C)(C)C(=O)N[C@H](COCc1ccccc1)C(=O)Nc1cnn(CCCC(C(=O)O)c2ccc3ccccc3c2)c1. The van der Waals surface area contributed by atoms with Crippen molar-refractivity contribution < 1.29 is 33.8 Å². The number of carboxylic acid groups (broad SMARTS) is 1. The molecule has 0 saturated carbocycles. The number of rotatable bonds is 15. The van der Waals surface area contributed by atoms with Crippen molar-refractivity contribution in [3.05, 3.63) is 96.3 Å².